The fraction of sp³-hybridized carbons (Fsp3) is 1.00. The van der Waals surface area contributed by atoms with E-state index >= 15 is 0 Å². The van der Waals surface area contributed by atoms with Crippen molar-refractivity contribution in [2.24, 2.45) is 5.92 Å². The van der Waals surface area contributed by atoms with E-state index in [0.717, 1.165) is 32.2 Å². The fourth-order valence-electron chi connectivity index (χ4n) is 2.55. The third-order valence-electron chi connectivity index (χ3n) is 3.71. The Morgan fingerprint density at radius 1 is 1.11 bits per heavy atom. The number of nitrogens with one attached hydrogen (secondary N) is 1. The Hall–Kier alpha value is -0.160. The van der Waals surface area contributed by atoms with Gasteiger partial charge in [0.05, 0.1) is 13.2 Å². The van der Waals surface area contributed by atoms with E-state index in [-0.39, 0.29) is 0 Å². The molecule has 1 rings (SSSR count). The molecule has 1 heterocycles. The summed E-state index contributed by atoms with van der Waals surface area (Å²) >= 11 is 0. The zero-order chi connectivity index (χ0) is 13.1. The molecule has 0 aromatic carbocycles. The molecule has 1 atom stereocenters. The highest BCUT2D eigenvalue weighted by molar-refractivity contribution is 4.69. The highest BCUT2D eigenvalue weighted by atomic mass is 16.5. The summed E-state index contributed by atoms with van der Waals surface area (Å²) in [6.45, 7) is 7.26. The van der Waals surface area contributed by atoms with Gasteiger partial charge >= 0.3 is 0 Å². The van der Waals surface area contributed by atoms with Crippen LogP contribution in [0.1, 0.15) is 25.7 Å². The van der Waals surface area contributed by atoms with Crippen LogP contribution in [0.5, 0.6) is 0 Å². The van der Waals surface area contributed by atoms with Crippen LogP contribution >= 0.6 is 0 Å². The summed E-state index contributed by atoms with van der Waals surface area (Å²) in [5.74, 6) is 0.894. The van der Waals surface area contributed by atoms with Crippen molar-refractivity contribution in [3.05, 3.63) is 0 Å². The van der Waals surface area contributed by atoms with Crippen molar-refractivity contribution in [3.63, 3.8) is 0 Å². The van der Waals surface area contributed by atoms with Gasteiger partial charge in [0.2, 0.25) is 0 Å². The van der Waals surface area contributed by atoms with Crippen molar-refractivity contribution in [2.75, 3.05) is 60.2 Å². The third kappa shape index (κ3) is 7.31. The van der Waals surface area contributed by atoms with Gasteiger partial charge in [0.25, 0.3) is 0 Å². The summed E-state index contributed by atoms with van der Waals surface area (Å²) in [6.07, 6.45) is 5.40. The number of rotatable bonds is 10. The van der Waals surface area contributed by atoms with E-state index in [4.69, 9.17) is 9.47 Å². The lowest BCUT2D eigenvalue weighted by Gasteiger charge is -2.25. The van der Waals surface area contributed by atoms with Gasteiger partial charge in [-0.25, -0.2) is 0 Å². The van der Waals surface area contributed by atoms with Crippen molar-refractivity contribution in [2.45, 2.75) is 25.7 Å². The molecule has 0 aliphatic carbocycles. The van der Waals surface area contributed by atoms with Gasteiger partial charge in [0, 0.05) is 27.3 Å². The lowest BCUT2D eigenvalue weighted by atomic mass is 9.95. The maximum Gasteiger partial charge on any atom is 0.0589 e. The van der Waals surface area contributed by atoms with Crippen LogP contribution in [0.4, 0.5) is 0 Å². The number of ether oxygens (including phenoxy) is 2. The predicted molar refractivity (Wildman–Crippen MR) is 75.0 cm³/mol. The molecule has 0 saturated carbocycles. The summed E-state index contributed by atoms with van der Waals surface area (Å²) in [5.41, 5.74) is 0. The van der Waals surface area contributed by atoms with Crippen molar-refractivity contribution >= 4 is 0 Å². The molecule has 4 nitrogen and oxygen atoms in total. The van der Waals surface area contributed by atoms with Crippen LogP contribution in [0.2, 0.25) is 0 Å². The number of nitrogens with zero attached hydrogens (tertiary/aromatic N) is 1. The fourth-order valence-corrected chi connectivity index (χ4v) is 2.55. The van der Waals surface area contributed by atoms with E-state index in [1.54, 1.807) is 14.2 Å². The van der Waals surface area contributed by atoms with E-state index in [1.165, 1.54) is 45.3 Å². The molecule has 0 aromatic heterocycles. The first kappa shape index (κ1) is 15.9. The van der Waals surface area contributed by atoms with E-state index in [0.29, 0.717) is 0 Å². The van der Waals surface area contributed by atoms with Gasteiger partial charge in [-0.3, -0.25) is 4.90 Å². The number of hydrogen-bond donors (Lipinski definition) is 1. The Morgan fingerprint density at radius 2 is 1.83 bits per heavy atom. The van der Waals surface area contributed by atoms with E-state index in [9.17, 15) is 0 Å². The Labute approximate surface area is 112 Å². The minimum Gasteiger partial charge on any atom is -0.383 e. The van der Waals surface area contributed by atoms with Crippen LogP contribution in [-0.4, -0.2) is 65.1 Å². The molecule has 4 heteroatoms. The molecule has 1 unspecified atom stereocenters. The van der Waals surface area contributed by atoms with Crippen LogP contribution in [0, 0.1) is 5.92 Å². The van der Waals surface area contributed by atoms with Gasteiger partial charge < -0.3 is 14.8 Å². The maximum atomic E-state index is 5.16. The Balaban J connectivity index is 2.10. The normalized spacial score (nSPS) is 20.5. The Bertz CT molecular complexity index is 177. The Morgan fingerprint density at radius 3 is 2.39 bits per heavy atom. The highest BCUT2D eigenvalue weighted by Crippen LogP contribution is 2.15. The third-order valence-corrected chi connectivity index (χ3v) is 3.71. The largest absolute Gasteiger partial charge is 0.383 e. The molecule has 0 bridgehead atoms. The van der Waals surface area contributed by atoms with Gasteiger partial charge in [0.15, 0.2) is 0 Å². The molecule has 0 spiro atoms. The van der Waals surface area contributed by atoms with Crippen molar-refractivity contribution in [3.8, 4) is 0 Å². The SMILES string of the molecule is COCCN(CCCC1CCCNC1)CCOC. The topological polar surface area (TPSA) is 33.7 Å². The molecule has 18 heavy (non-hydrogen) atoms. The highest BCUT2D eigenvalue weighted by Gasteiger charge is 2.13. The molecular formula is C14H30N2O2. The molecule has 1 aliphatic heterocycles. The first-order valence-corrected chi connectivity index (χ1v) is 7.27. The van der Waals surface area contributed by atoms with Crippen LogP contribution in [0.25, 0.3) is 0 Å². The van der Waals surface area contributed by atoms with Crippen molar-refractivity contribution in [1.82, 2.24) is 10.2 Å². The predicted octanol–water partition coefficient (Wildman–Crippen LogP) is 1.36. The minimum absolute atomic E-state index is 0.814. The quantitative estimate of drug-likeness (QED) is 0.641. The Kier molecular flexibility index (Phi) is 9.48. The van der Waals surface area contributed by atoms with Gasteiger partial charge in [0.1, 0.15) is 0 Å². The number of piperidine rings is 1. The van der Waals surface area contributed by atoms with Crippen LogP contribution in [-0.2, 0) is 9.47 Å². The zero-order valence-corrected chi connectivity index (χ0v) is 12.1. The molecule has 1 aliphatic rings. The van der Waals surface area contributed by atoms with Crippen LogP contribution in [0.15, 0.2) is 0 Å². The smallest absolute Gasteiger partial charge is 0.0589 e. The molecule has 0 radical (unpaired) electrons. The van der Waals surface area contributed by atoms with Gasteiger partial charge in [-0.15, -0.1) is 0 Å². The van der Waals surface area contributed by atoms with E-state index in [2.05, 4.69) is 10.2 Å². The van der Waals surface area contributed by atoms with Crippen molar-refractivity contribution in [1.29, 1.82) is 0 Å². The molecule has 1 fully saturated rings. The second-order valence-corrected chi connectivity index (χ2v) is 5.18. The second-order valence-electron chi connectivity index (χ2n) is 5.18. The van der Waals surface area contributed by atoms with E-state index in [1.807, 2.05) is 0 Å². The molecule has 0 amide bonds. The molecular weight excluding hydrogens is 228 g/mol. The lowest BCUT2D eigenvalue weighted by molar-refractivity contribution is 0.112. The molecule has 108 valence electrons. The first-order chi connectivity index (χ1) is 8.86. The van der Waals surface area contributed by atoms with E-state index < -0.39 is 0 Å². The minimum atomic E-state index is 0.814. The monoisotopic (exact) mass is 258 g/mol. The molecule has 1 saturated heterocycles. The standard InChI is InChI=1S/C14H30N2O2/c1-17-11-9-16(10-12-18-2)8-4-6-14-5-3-7-15-13-14/h14-15H,3-13H2,1-2H3. The number of methoxy groups -OCH3 is 2. The molecule has 1 N–H and O–H groups in total. The van der Waals surface area contributed by atoms with Crippen LogP contribution in [0.3, 0.4) is 0 Å². The van der Waals surface area contributed by atoms with Crippen LogP contribution < -0.4 is 5.32 Å². The summed E-state index contributed by atoms with van der Waals surface area (Å²) in [5, 5.41) is 3.49. The van der Waals surface area contributed by atoms with Crippen molar-refractivity contribution < 1.29 is 9.47 Å². The summed E-state index contributed by atoms with van der Waals surface area (Å²) in [6, 6.07) is 0. The average Bonchev–Trinajstić information content (AvgIpc) is 2.42. The average molecular weight is 258 g/mol. The zero-order valence-electron chi connectivity index (χ0n) is 12.1. The summed E-state index contributed by atoms with van der Waals surface area (Å²) < 4.78 is 10.3. The molecule has 0 aromatic rings. The summed E-state index contributed by atoms with van der Waals surface area (Å²) in [7, 11) is 3.53. The first-order valence-electron chi connectivity index (χ1n) is 7.27. The maximum absolute atomic E-state index is 5.16. The lowest BCUT2D eigenvalue weighted by Crippen LogP contribution is -2.33. The van der Waals surface area contributed by atoms with Gasteiger partial charge in [-0.05, 0) is 51.2 Å². The second kappa shape index (κ2) is 10.7. The van der Waals surface area contributed by atoms with Gasteiger partial charge in [-0.1, -0.05) is 0 Å². The number of hydrogen-bond acceptors (Lipinski definition) is 4. The summed E-state index contributed by atoms with van der Waals surface area (Å²) in [4.78, 5) is 2.45. The van der Waals surface area contributed by atoms with Gasteiger partial charge in [-0.2, -0.15) is 0 Å².